The van der Waals surface area contributed by atoms with Gasteiger partial charge in [-0.05, 0) is 41.8 Å². The Morgan fingerprint density at radius 2 is 1.96 bits per heavy atom. The Morgan fingerprint density at radius 1 is 1.19 bits per heavy atom. The number of rotatable bonds is 4. The minimum atomic E-state index is -0.822. The lowest BCUT2D eigenvalue weighted by molar-refractivity contribution is -0.137. The zero-order chi connectivity index (χ0) is 19.0. The van der Waals surface area contributed by atoms with Gasteiger partial charge >= 0.3 is 5.97 Å². The van der Waals surface area contributed by atoms with Crippen molar-refractivity contribution in [3.63, 3.8) is 0 Å². The van der Waals surface area contributed by atoms with Crippen LogP contribution in [0.3, 0.4) is 0 Å². The van der Waals surface area contributed by atoms with Crippen molar-refractivity contribution in [3.8, 4) is 0 Å². The Morgan fingerprint density at radius 3 is 2.70 bits per heavy atom. The van der Waals surface area contributed by atoms with Crippen molar-refractivity contribution >= 4 is 28.7 Å². The van der Waals surface area contributed by atoms with Crippen LogP contribution >= 0.6 is 0 Å². The molecule has 0 atom stereocenters. The van der Waals surface area contributed by atoms with Crippen LogP contribution in [-0.2, 0) is 20.7 Å². The third-order valence-corrected chi connectivity index (χ3v) is 4.61. The molecule has 0 spiro atoms. The van der Waals surface area contributed by atoms with Crippen LogP contribution in [0.1, 0.15) is 23.1 Å². The molecule has 2 aliphatic rings. The largest absolute Gasteiger partial charge is 0.488 e. The Hall–Kier alpha value is -3.41. The topological polar surface area (TPSA) is 75.6 Å². The lowest BCUT2D eigenvalue weighted by Crippen LogP contribution is -2.05. The van der Waals surface area contributed by atoms with Gasteiger partial charge in [0.25, 0.3) is 5.91 Å². The van der Waals surface area contributed by atoms with Crippen molar-refractivity contribution in [3.05, 3.63) is 76.8 Å². The molecule has 2 aromatic carbocycles. The maximum absolute atomic E-state index is 13.4. The Labute approximate surface area is 154 Å². The van der Waals surface area contributed by atoms with E-state index in [0.29, 0.717) is 35.6 Å². The lowest BCUT2D eigenvalue weighted by Gasteiger charge is -2.04. The van der Waals surface area contributed by atoms with Crippen LogP contribution in [0, 0.1) is 5.82 Å². The molecule has 27 heavy (non-hydrogen) atoms. The maximum atomic E-state index is 13.4. The quantitative estimate of drug-likeness (QED) is 0.812. The molecule has 2 N–H and O–H groups in total. The number of benzene rings is 2. The molecule has 0 fully saturated rings. The summed E-state index contributed by atoms with van der Waals surface area (Å²) in [5.74, 6) is -1.08. The summed E-state index contributed by atoms with van der Waals surface area (Å²) < 4.78 is 19.1. The average molecular weight is 365 g/mol. The van der Waals surface area contributed by atoms with Gasteiger partial charge < -0.3 is 15.2 Å². The molecule has 0 unspecified atom stereocenters. The van der Waals surface area contributed by atoms with Gasteiger partial charge in [-0.3, -0.25) is 9.59 Å². The number of aryl methyl sites for hydroxylation is 1. The van der Waals surface area contributed by atoms with Crippen LogP contribution in [0.2, 0.25) is 0 Å². The molecular weight excluding hydrogens is 349 g/mol. The number of carboxylic acids is 1. The van der Waals surface area contributed by atoms with Gasteiger partial charge in [-0.2, -0.15) is 0 Å². The molecule has 0 aliphatic carbocycles. The molecule has 0 aromatic heterocycles. The second-order valence-electron chi connectivity index (χ2n) is 6.43. The molecule has 4 rings (SSSR count). The summed E-state index contributed by atoms with van der Waals surface area (Å²) >= 11 is 0. The van der Waals surface area contributed by atoms with Crippen LogP contribution in [0.5, 0.6) is 0 Å². The smallest absolute Gasteiger partial charge is 0.303 e. The Balaban J connectivity index is 1.61. The number of allylic oxidation sites excluding steroid dienone is 1. The second-order valence-corrected chi connectivity index (χ2v) is 6.43. The van der Waals surface area contributed by atoms with E-state index in [1.807, 2.05) is 30.3 Å². The first-order valence-corrected chi connectivity index (χ1v) is 8.51. The number of hydrogen-bond acceptors (Lipinski definition) is 3. The number of amides is 1. The molecule has 0 bridgehead atoms. The van der Waals surface area contributed by atoms with E-state index in [0.717, 1.165) is 16.7 Å². The normalized spacial score (nSPS) is 18.0. The zero-order valence-electron chi connectivity index (χ0n) is 14.3. The van der Waals surface area contributed by atoms with Crippen molar-refractivity contribution in [1.82, 2.24) is 0 Å². The van der Waals surface area contributed by atoms with Crippen LogP contribution in [0.15, 0.2) is 54.3 Å². The van der Waals surface area contributed by atoms with E-state index >= 15 is 0 Å². The number of nitrogens with one attached hydrogen (secondary N) is 1. The number of hydrogen-bond donors (Lipinski definition) is 2. The summed E-state index contributed by atoms with van der Waals surface area (Å²) in [5.41, 5.74) is 4.28. The molecule has 136 valence electrons. The van der Waals surface area contributed by atoms with Crippen LogP contribution in [0.4, 0.5) is 10.1 Å². The molecule has 2 heterocycles. The predicted octanol–water partition coefficient (Wildman–Crippen LogP) is 3.62. The summed E-state index contributed by atoms with van der Waals surface area (Å²) in [6.45, 7) is 0.330. The molecule has 6 heteroatoms. The second kappa shape index (κ2) is 6.72. The fourth-order valence-corrected chi connectivity index (χ4v) is 3.23. The van der Waals surface area contributed by atoms with Crippen molar-refractivity contribution in [2.45, 2.75) is 12.8 Å². The number of carboxylic acid groups (broad SMARTS) is 1. The van der Waals surface area contributed by atoms with Gasteiger partial charge in [0.2, 0.25) is 0 Å². The SMILES string of the molecule is O=C(O)CCc1ccc(C2=C/C(=C3\C(=O)Nc4cc(F)ccc43)OC2)cc1. The summed E-state index contributed by atoms with van der Waals surface area (Å²) in [4.78, 5) is 23.0. The molecule has 5 nitrogen and oxygen atoms in total. The molecule has 0 saturated heterocycles. The summed E-state index contributed by atoms with van der Waals surface area (Å²) in [7, 11) is 0. The van der Waals surface area contributed by atoms with Crippen molar-refractivity contribution in [2.75, 3.05) is 11.9 Å². The standard InChI is InChI=1S/C21H16FNO4/c22-15-6-7-16-17(10-15)23-21(26)20(16)18-9-14(11-27-18)13-4-1-12(2-5-13)3-8-19(24)25/h1-2,4-7,9-10H,3,8,11H2,(H,23,26)(H,24,25)/b20-18+. The number of ether oxygens (including phenoxy) is 1. The third kappa shape index (κ3) is 3.33. The van der Waals surface area contributed by atoms with Gasteiger partial charge in [0.15, 0.2) is 0 Å². The van der Waals surface area contributed by atoms with Gasteiger partial charge in [0.05, 0.1) is 11.3 Å². The van der Waals surface area contributed by atoms with E-state index in [2.05, 4.69) is 5.32 Å². The van der Waals surface area contributed by atoms with Gasteiger partial charge in [-0.15, -0.1) is 0 Å². The summed E-state index contributed by atoms with van der Waals surface area (Å²) in [6, 6.07) is 11.8. The third-order valence-electron chi connectivity index (χ3n) is 4.61. The highest BCUT2D eigenvalue weighted by atomic mass is 19.1. The molecule has 0 saturated carbocycles. The Bertz CT molecular complexity index is 1010. The van der Waals surface area contributed by atoms with E-state index in [9.17, 15) is 14.0 Å². The van der Waals surface area contributed by atoms with Gasteiger partial charge in [-0.1, -0.05) is 24.3 Å². The molecule has 2 aromatic rings. The first-order valence-electron chi connectivity index (χ1n) is 8.51. The van der Waals surface area contributed by atoms with Gasteiger partial charge in [-0.25, -0.2) is 4.39 Å². The average Bonchev–Trinajstić information content (AvgIpc) is 3.23. The van der Waals surface area contributed by atoms with Crippen LogP contribution in [-0.4, -0.2) is 23.6 Å². The number of carbonyl (C=O) groups is 2. The molecular formula is C21H16FNO4. The number of carbonyl (C=O) groups excluding carboxylic acids is 1. The van der Waals surface area contributed by atoms with Crippen LogP contribution in [0.25, 0.3) is 11.1 Å². The molecule has 2 aliphatic heterocycles. The minimum absolute atomic E-state index is 0.0938. The van der Waals surface area contributed by atoms with Crippen molar-refractivity contribution < 1.29 is 23.8 Å². The highest BCUT2D eigenvalue weighted by Crippen LogP contribution is 2.38. The molecule has 1 amide bonds. The summed E-state index contributed by atoms with van der Waals surface area (Å²) in [6.07, 6.45) is 2.39. The van der Waals surface area contributed by atoms with E-state index in [-0.39, 0.29) is 12.3 Å². The first kappa shape index (κ1) is 17.0. The van der Waals surface area contributed by atoms with E-state index in [1.54, 1.807) is 6.07 Å². The summed E-state index contributed by atoms with van der Waals surface area (Å²) in [5, 5.41) is 11.4. The van der Waals surface area contributed by atoms with Gasteiger partial charge in [0, 0.05) is 17.6 Å². The zero-order valence-corrected chi connectivity index (χ0v) is 14.3. The predicted molar refractivity (Wildman–Crippen MR) is 98.3 cm³/mol. The number of halogens is 1. The van der Waals surface area contributed by atoms with E-state index in [4.69, 9.17) is 9.84 Å². The lowest BCUT2D eigenvalue weighted by atomic mass is 10.0. The first-order chi connectivity index (χ1) is 13.0. The van der Waals surface area contributed by atoms with Gasteiger partial charge in [0.1, 0.15) is 18.2 Å². The van der Waals surface area contributed by atoms with Crippen molar-refractivity contribution in [1.29, 1.82) is 0 Å². The highest BCUT2D eigenvalue weighted by Gasteiger charge is 2.30. The minimum Gasteiger partial charge on any atom is -0.488 e. The number of fused-ring (bicyclic) bond motifs is 1. The Kier molecular flexibility index (Phi) is 4.24. The maximum Gasteiger partial charge on any atom is 0.303 e. The van der Waals surface area contributed by atoms with Crippen LogP contribution < -0.4 is 5.32 Å². The monoisotopic (exact) mass is 365 g/mol. The number of aliphatic carboxylic acids is 1. The van der Waals surface area contributed by atoms with E-state index in [1.165, 1.54) is 12.1 Å². The fourth-order valence-electron chi connectivity index (χ4n) is 3.23. The number of anilines is 1. The molecule has 0 radical (unpaired) electrons. The fraction of sp³-hybridized carbons (Fsp3) is 0.143. The van der Waals surface area contributed by atoms with E-state index < -0.39 is 11.8 Å². The highest BCUT2D eigenvalue weighted by molar-refractivity contribution is 6.32. The van der Waals surface area contributed by atoms with Crippen molar-refractivity contribution in [2.24, 2.45) is 0 Å².